The van der Waals surface area contributed by atoms with Gasteiger partial charge < -0.3 is 9.73 Å². The molecule has 0 aliphatic rings. The van der Waals surface area contributed by atoms with E-state index in [0.29, 0.717) is 0 Å². The molecule has 2 aromatic carbocycles. The number of furan rings is 1. The molecule has 24 heavy (non-hydrogen) atoms. The van der Waals surface area contributed by atoms with Crippen molar-refractivity contribution in [3.05, 3.63) is 66.0 Å². The van der Waals surface area contributed by atoms with Gasteiger partial charge in [0.15, 0.2) is 11.4 Å². The van der Waals surface area contributed by atoms with E-state index in [2.05, 4.69) is 41.3 Å². The van der Waals surface area contributed by atoms with E-state index in [1.807, 2.05) is 42.5 Å². The van der Waals surface area contributed by atoms with E-state index in [9.17, 15) is 0 Å². The smallest absolute Gasteiger partial charge is 0.196 e. The summed E-state index contributed by atoms with van der Waals surface area (Å²) in [6, 6.07) is 18.4. The zero-order valence-electron chi connectivity index (χ0n) is 13.8. The molecule has 1 unspecified atom stereocenters. The summed E-state index contributed by atoms with van der Waals surface area (Å²) in [6.07, 6.45) is 0.782. The first-order valence-corrected chi connectivity index (χ1v) is 8.26. The van der Waals surface area contributed by atoms with Crippen LogP contribution in [0.25, 0.3) is 22.1 Å². The molecule has 0 amide bonds. The summed E-state index contributed by atoms with van der Waals surface area (Å²) in [4.78, 5) is 9.34. The normalized spacial score (nSPS) is 12.6. The Balaban J connectivity index is 1.84. The summed E-state index contributed by atoms with van der Waals surface area (Å²) in [5.74, 6) is 1.57. The van der Waals surface area contributed by atoms with Crippen molar-refractivity contribution < 1.29 is 4.42 Å². The minimum atomic E-state index is 0.127. The second-order valence-electron chi connectivity index (χ2n) is 5.89. The van der Waals surface area contributed by atoms with Gasteiger partial charge in [-0.15, -0.1) is 0 Å². The van der Waals surface area contributed by atoms with E-state index in [4.69, 9.17) is 4.42 Å². The van der Waals surface area contributed by atoms with Crippen LogP contribution in [0.2, 0.25) is 0 Å². The number of benzene rings is 2. The number of aryl methyl sites for hydroxylation is 1. The Labute approximate surface area is 140 Å². The zero-order chi connectivity index (χ0) is 16.5. The third-order valence-electron chi connectivity index (χ3n) is 4.24. The van der Waals surface area contributed by atoms with Gasteiger partial charge in [0.2, 0.25) is 0 Å². The lowest BCUT2D eigenvalue weighted by molar-refractivity contribution is 0.664. The SMILES string of the molecule is CCc1nc(NC(C)c2ccccc2)c2oc3ccccc3c2n1. The van der Waals surface area contributed by atoms with Crippen molar-refractivity contribution >= 4 is 27.9 Å². The van der Waals surface area contributed by atoms with Crippen LogP contribution in [0.3, 0.4) is 0 Å². The van der Waals surface area contributed by atoms with Gasteiger partial charge in [-0.2, -0.15) is 0 Å². The highest BCUT2D eigenvalue weighted by atomic mass is 16.3. The Hall–Kier alpha value is -2.88. The van der Waals surface area contributed by atoms with E-state index in [0.717, 1.165) is 40.1 Å². The molecule has 0 saturated heterocycles. The van der Waals surface area contributed by atoms with Gasteiger partial charge in [0.1, 0.15) is 16.9 Å². The van der Waals surface area contributed by atoms with Gasteiger partial charge in [-0.25, -0.2) is 9.97 Å². The van der Waals surface area contributed by atoms with E-state index < -0.39 is 0 Å². The lowest BCUT2D eigenvalue weighted by Gasteiger charge is -2.15. The molecule has 0 aliphatic heterocycles. The summed E-state index contributed by atoms with van der Waals surface area (Å²) < 4.78 is 6.03. The van der Waals surface area contributed by atoms with Crippen LogP contribution in [0.5, 0.6) is 0 Å². The van der Waals surface area contributed by atoms with Crippen molar-refractivity contribution in [3.63, 3.8) is 0 Å². The minimum absolute atomic E-state index is 0.127. The average molecular weight is 317 g/mol. The maximum atomic E-state index is 6.03. The van der Waals surface area contributed by atoms with Gasteiger partial charge in [-0.1, -0.05) is 49.4 Å². The van der Waals surface area contributed by atoms with Crippen LogP contribution in [0, 0.1) is 0 Å². The highest BCUT2D eigenvalue weighted by Crippen LogP contribution is 2.32. The fourth-order valence-electron chi connectivity index (χ4n) is 2.92. The molecule has 0 bridgehead atoms. The van der Waals surface area contributed by atoms with E-state index in [1.165, 1.54) is 5.56 Å². The predicted molar refractivity (Wildman–Crippen MR) is 97.2 cm³/mol. The standard InChI is InChI=1S/C20H19N3O/c1-3-17-22-18-15-11-7-8-12-16(15)24-19(18)20(23-17)21-13(2)14-9-5-4-6-10-14/h4-13H,3H2,1-2H3,(H,21,22,23). The Bertz CT molecular complexity index is 992. The van der Waals surface area contributed by atoms with Crippen LogP contribution in [0.1, 0.15) is 31.3 Å². The molecule has 2 heterocycles. The van der Waals surface area contributed by atoms with Crippen LogP contribution in [0.15, 0.2) is 59.0 Å². The maximum Gasteiger partial charge on any atom is 0.196 e. The Kier molecular flexibility index (Phi) is 3.65. The highest BCUT2D eigenvalue weighted by molar-refractivity contribution is 6.05. The molecule has 120 valence electrons. The van der Waals surface area contributed by atoms with Gasteiger partial charge in [-0.05, 0) is 24.6 Å². The molecule has 4 heteroatoms. The molecular weight excluding hydrogens is 298 g/mol. The van der Waals surface area contributed by atoms with Crippen molar-refractivity contribution in [2.75, 3.05) is 5.32 Å². The fourth-order valence-corrected chi connectivity index (χ4v) is 2.92. The Morgan fingerprint density at radius 1 is 1.00 bits per heavy atom. The summed E-state index contributed by atoms with van der Waals surface area (Å²) in [5, 5.41) is 4.52. The summed E-state index contributed by atoms with van der Waals surface area (Å²) in [5.41, 5.74) is 3.64. The molecule has 0 aliphatic carbocycles. The lowest BCUT2D eigenvalue weighted by atomic mass is 10.1. The van der Waals surface area contributed by atoms with Crippen LogP contribution < -0.4 is 5.32 Å². The molecule has 0 spiro atoms. The summed E-state index contributed by atoms with van der Waals surface area (Å²) >= 11 is 0. The van der Waals surface area contributed by atoms with Crippen molar-refractivity contribution in [1.82, 2.24) is 9.97 Å². The number of nitrogens with one attached hydrogen (secondary N) is 1. The van der Waals surface area contributed by atoms with E-state index in [1.54, 1.807) is 0 Å². The van der Waals surface area contributed by atoms with E-state index in [-0.39, 0.29) is 6.04 Å². The second-order valence-corrected chi connectivity index (χ2v) is 5.89. The third kappa shape index (κ3) is 2.50. The quantitative estimate of drug-likeness (QED) is 0.568. The maximum absolute atomic E-state index is 6.03. The number of hydrogen-bond donors (Lipinski definition) is 1. The van der Waals surface area contributed by atoms with Gasteiger partial charge in [0.25, 0.3) is 0 Å². The first-order valence-electron chi connectivity index (χ1n) is 8.26. The van der Waals surface area contributed by atoms with Gasteiger partial charge in [0.05, 0.1) is 6.04 Å². The molecular formula is C20H19N3O. The number of rotatable bonds is 4. The van der Waals surface area contributed by atoms with E-state index >= 15 is 0 Å². The number of nitrogens with zero attached hydrogens (tertiary/aromatic N) is 2. The Morgan fingerprint density at radius 3 is 2.54 bits per heavy atom. The fraction of sp³-hybridized carbons (Fsp3) is 0.200. The third-order valence-corrected chi connectivity index (χ3v) is 4.24. The average Bonchev–Trinajstić information content (AvgIpc) is 3.01. The summed E-state index contributed by atoms with van der Waals surface area (Å²) in [7, 11) is 0. The van der Waals surface area contributed by atoms with Gasteiger partial charge in [0, 0.05) is 11.8 Å². The second kappa shape index (κ2) is 5.96. The highest BCUT2D eigenvalue weighted by Gasteiger charge is 2.17. The molecule has 1 atom stereocenters. The first-order chi connectivity index (χ1) is 11.8. The van der Waals surface area contributed by atoms with Crippen LogP contribution in [-0.4, -0.2) is 9.97 Å². The van der Waals surface area contributed by atoms with Gasteiger partial charge >= 0.3 is 0 Å². The largest absolute Gasteiger partial charge is 0.450 e. The van der Waals surface area contributed by atoms with Crippen molar-refractivity contribution in [1.29, 1.82) is 0 Å². The molecule has 0 saturated carbocycles. The van der Waals surface area contributed by atoms with Gasteiger partial charge in [-0.3, -0.25) is 0 Å². The van der Waals surface area contributed by atoms with Crippen molar-refractivity contribution in [2.45, 2.75) is 26.3 Å². The predicted octanol–water partition coefficient (Wildman–Crippen LogP) is 5.11. The zero-order valence-corrected chi connectivity index (χ0v) is 13.8. The minimum Gasteiger partial charge on any atom is -0.450 e. The molecule has 4 aromatic rings. The van der Waals surface area contributed by atoms with Crippen molar-refractivity contribution in [3.8, 4) is 0 Å². The monoisotopic (exact) mass is 317 g/mol. The number of anilines is 1. The number of aromatic nitrogens is 2. The number of hydrogen-bond acceptors (Lipinski definition) is 4. The molecule has 0 fully saturated rings. The topological polar surface area (TPSA) is 51.0 Å². The molecule has 0 radical (unpaired) electrons. The summed E-state index contributed by atoms with van der Waals surface area (Å²) in [6.45, 7) is 4.19. The van der Waals surface area contributed by atoms with Crippen LogP contribution in [-0.2, 0) is 6.42 Å². The van der Waals surface area contributed by atoms with Crippen molar-refractivity contribution in [2.24, 2.45) is 0 Å². The molecule has 4 rings (SSSR count). The van der Waals surface area contributed by atoms with Crippen LogP contribution in [0.4, 0.5) is 5.82 Å². The molecule has 4 nitrogen and oxygen atoms in total. The van der Waals surface area contributed by atoms with Crippen LogP contribution >= 0.6 is 0 Å². The Morgan fingerprint density at radius 2 is 1.75 bits per heavy atom. The first kappa shape index (κ1) is 14.7. The number of fused-ring (bicyclic) bond motifs is 3. The molecule has 2 aromatic heterocycles. The lowest BCUT2D eigenvalue weighted by Crippen LogP contribution is -2.09. The number of para-hydroxylation sites is 1. The molecule has 1 N–H and O–H groups in total.